The largest absolute Gasteiger partial charge is 0.445 e. The predicted molar refractivity (Wildman–Crippen MR) is 107 cm³/mol. The van der Waals surface area contributed by atoms with E-state index in [4.69, 9.17) is 4.74 Å². The average Bonchev–Trinajstić information content (AvgIpc) is 2.61. The fourth-order valence-electron chi connectivity index (χ4n) is 3.56. The summed E-state index contributed by atoms with van der Waals surface area (Å²) >= 11 is 0. The fourth-order valence-corrected chi connectivity index (χ4v) is 3.56. The average molecular weight is 373 g/mol. The van der Waals surface area contributed by atoms with Crippen molar-refractivity contribution in [2.75, 3.05) is 0 Å². The number of hydrogen-bond acceptors (Lipinski definition) is 3. The number of rotatable bonds is 5. The van der Waals surface area contributed by atoms with Gasteiger partial charge in [-0.2, -0.15) is 0 Å². The van der Waals surface area contributed by atoms with Gasteiger partial charge in [-0.05, 0) is 58.4 Å². The van der Waals surface area contributed by atoms with Gasteiger partial charge in [-0.3, -0.25) is 4.79 Å². The number of nitrogens with one attached hydrogen (secondary N) is 2. The molecular weight excluding hydrogens is 340 g/mol. The summed E-state index contributed by atoms with van der Waals surface area (Å²) in [5.41, 5.74) is -0.119. The summed E-state index contributed by atoms with van der Waals surface area (Å²) in [6, 6.07) is 9.26. The van der Waals surface area contributed by atoms with Crippen LogP contribution in [-0.4, -0.2) is 23.6 Å². The second-order valence-electron chi connectivity index (χ2n) is 8.66. The summed E-state index contributed by atoms with van der Waals surface area (Å²) < 4.78 is 5.36. The van der Waals surface area contributed by atoms with Crippen LogP contribution in [0.5, 0.6) is 0 Å². The highest BCUT2D eigenvalue weighted by molar-refractivity contribution is 5.84. The molecule has 1 saturated carbocycles. The number of hydrogen-bond donors (Lipinski definition) is 2. The molecule has 0 aromatic heterocycles. The maximum atomic E-state index is 13.0. The van der Waals surface area contributed by atoms with Crippen molar-refractivity contribution in [2.24, 2.45) is 11.3 Å². The first-order chi connectivity index (χ1) is 12.6. The molecule has 5 heteroatoms. The Hall–Kier alpha value is -2.30. The second-order valence-corrected chi connectivity index (χ2v) is 8.66. The molecule has 0 aliphatic heterocycles. The van der Waals surface area contributed by atoms with Gasteiger partial charge >= 0.3 is 6.09 Å². The van der Waals surface area contributed by atoms with Crippen molar-refractivity contribution in [3.05, 3.63) is 48.6 Å². The molecule has 5 nitrogen and oxygen atoms in total. The minimum Gasteiger partial charge on any atom is -0.445 e. The molecule has 2 rings (SSSR count). The van der Waals surface area contributed by atoms with E-state index < -0.39 is 11.5 Å². The lowest BCUT2D eigenvalue weighted by atomic mass is 9.66. The highest BCUT2D eigenvalue weighted by atomic mass is 16.5. The van der Waals surface area contributed by atoms with E-state index in [9.17, 15) is 9.59 Å². The van der Waals surface area contributed by atoms with Crippen molar-refractivity contribution in [1.82, 2.24) is 10.6 Å². The topological polar surface area (TPSA) is 67.4 Å². The van der Waals surface area contributed by atoms with Gasteiger partial charge in [-0.25, -0.2) is 4.79 Å². The molecule has 1 fully saturated rings. The van der Waals surface area contributed by atoms with Gasteiger partial charge in [0.25, 0.3) is 0 Å². The van der Waals surface area contributed by atoms with Gasteiger partial charge in [0, 0.05) is 11.6 Å². The van der Waals surface area contributed by atoms with Crippen molar-refractivity contribution in [3.63, 3.8) is 0 Å². The van der Waals surface area contributed by atoms with Crippen LogP contribution in [0.15, 0.2) is 43.0 Å². The monoisotopic (exact) mass is 372 g/mol. The van der Waals surface area contributed by atoms with Gasteiger partial charge < -0.3 is 15.4 Å². The lowest BCUT2D eigenvalue weighted by molar-refractivity contribution is -0.135. The van der Waals surface area contributed by atoms with E-state index in [0.717, 1.165) is 12.0 Å². The molecule has 2 amide bonds. The van der Waals surface area contributed by atoms with Crippen molar-refractivity contribution < 1.29 is 14.3 Å². The molecule has 0 bridgehead atoms. The third kappa shape index (κ3) is 5.84. The van der Waals surface area contributed by atoms with Gasteiger partial charge in [0.05, 0.1) is 5.41 Å². The van der Waals surface area contributed by atoms with E-state index in [-0.39, 0.29) is 30.0 Å². The summed E-state index contributed by atoms with van der Waals surface area (Å²) in [5, 5.41) is 6.00. The number of allylic oxidation sites excluding steroid dienone is 1. The molecule has 0 radical (unpaired) electrons. The number of alkyl carbamates (subject to hydrolysis) is 1. The van der Waals surface area contributed by atoms with E-state index in [1.54, 1.807) is 0 Å². The molecule has 2 N–H and O–H groups in total. The van der Waals surface area contributed by atoms with Crippen LogP contribution < -0.4 is 10.6 Å². The van der Waals surface area contributed by atoms with Crippen LogP contribution >= 0.6 is 0 Å². The molecule has 1 aromatic rings. The quantitative estimate of drug-likeness (QED) is 0.762. The SMILES string of the molecule is C=CC1CCC(NC(=O)OCc2ccccc2)C(C)(C(=O)NC(C)(C)C)C1. The molecule has 0 spiro atoms. The Bertz CT molecular complexity index is 666. The van der Waals surface area contributed by atoms with Crippen LogP contribution in [0.25, 0.3) is 0 Å². The van der Waals surface area contributed by atoms with Crippen molar-refractivity contribution in [2.45, 2.75) is 65.1 Å². The van der Waals surface area contributed by atoms with Crippen LogP contribution in [-0.2, 0) is 16.1 Å². The maximum Gasteiger partial charge on any atom is 0.407 e. The van der Waals surface area contributed by atoms with Gasteiger partial charge in [0.15, 0.2) is 0 Å². The molecule has 0 saturated heterocycles. The van der Waals surface area contributed by atoms with Gasteiger partial charge in [-0.1, -0.05) is 36.4 Å². The molecule has 1 aliphatic rings. The highest BCUT2D eigenvalue weighted by Crippen LogP contribution is 2.40. The summed E-state index contributed by atoms with van der Waals surface area (Å²) in [5.74, 6) is 0.217. The Kier molecular flexibility index (Phi) is 6.68. The minimum atomic E-state index is -0.712. The number of carbonyl (C=O) groups is 2. The zero-order valence-corrected chi connectivity index (χ0v) is 16.9. The van der Waals surface area contributed by atoms with E-state index in [1.165, 1.54) is 0 Å². The first-order valence-corrected chi connectivity index (χ1v) is 9.56. The van der Waals surface area contributed by atoms with Crippen LogP contribution in [0.2, 0.25) is 0 Å². The van der Waals surface area contributed by atoms with Crippen LogP contribution in [0.4, 0.5) is 4.79 Å². The van der Waals surface area contributed by atoms with E-state index >= 15 is 0 Å². The maximum absolute atomic E-state index is 13.0. The normalized spacial score (nSPS) is 25.3. The molecule has 3 unspecified atom stereocenters. The van der Waals surface area contributed by atoms with Crippen molar-refractivity contribution in [1.29, 1.82) is 0 Å². The number of benzene rings is 1. The zero-order valence-electron chi connectivity index (χ0n) is 16.9. The van der Waals surface area contributed by atoms with E-state index in [2.05, 4.69) is 17.2 Å². The lowest BCUT2D eigenvalue weighted by Crippen LogP contribution is -2.59. The minimum absolute atomic E-state index is 0.0464. The van der Waals surface area contributed by atoms with E-state index in [1.807, 2.05) is 64.1 Å². The molecule has 27 heavy (non-hydrogen) atoms. The predicted octanol–water partition coefficient (Wildman–Crippen LogP) is 4.19. The molecule has 3 atom stereocenters. The van der Waals surface area contributed by atoms with Crippen molar-refractivity contribution in [3.8, 4) is 0 Å². The standard InChI is InChI=1S/C22H32N2O3/c1-6-16-12-13-18(22(5,14-16)19(25)24-21(2,3)4)23-20(26)27-15-17-10-8-7-9-11-17/h6-11,16,18H,1,12-15H2,2-5H3,(H,23,26)(H,24,25). The number of amides is 2. The first kappa shape index (κ1) is 21.0. The third-order valence-corrected chi connectivity index (χ3v) is 5.13. The molecular formula is C22H32N2O3. The summed E-state index contributed by atoms with van der Waals surface area (Å²) in [7, 11) is 0. The smallest absolute Gasteiger partial charge is 0.407 e. The highest BCUT2D eigenvalue weighted by Gasteiger charge is 2.47. The fraction of sp³-hybridized carbons (Fsp3) is 0.545. The van der Waals surface area contributed by atoms with Crippen molar-refractivity contribution >= 4 is 12.0 Å². The van der Waals surface area contributed by atoms with Crippen LogP contribution in [0, 0.1) is 11.3 Å². The molecule has 1 aliphatic carbocycles. The first-order valence-electron chi connectivity index (χ1n) is 9.56. The molecule has 1 aromatic carbocycles. The Balaban J connectivity index is 2.06. The summed E-state index contributed by atoms with van der Waals surface area (Å²) in [6.45, 7) is 11.9. The van der Waals surface area contributed by atoms with Gasteiger partial charge in [-0.15, -0.1) is 6.58 Å². The van der Waals surface area contributed by atoms with Crippen LogP contribution in [0.3, 0.4) is 0 Å². The number of ether oxygens (including phenoxy) is 1. The second kappa shape index (κ2) is 8.59. The van der Waals surface area contributed by atoms with Gasteiger partial charge in [0.1, 0.15) is 6.61 Å². The molecule has 148 valence electrons. The van der Waals surface area contributed by atoms with Crippen LogP contribution in [0.1, 0.15) is 52.5 Å². The Labute approximate surface area is 162 Å². The Morgan fingerprint density at radius 2 is 1.93 bits per heavy atom. The summed E-state index contributed by atoms with van der Waals surface area (Å²) in [4.78, 5) is 25.4. The Morgan fingerprint density at radius 1 is 1.26 bits per heavy atom. The number of carbonyl (C=O) groups excluding carboxylic acids is 2. The Morgan fingerprint density at radius 3 is 2.52 bits per heavy atom. The van der Waals surface area contributed by atoms with E-state index in [0.29, 0.717) is 12.8 Å². The molecule has 0 heterocycles. The summed E-state index contributed by atoms with van der Waals surface area (Å²) in [6.07, 6.45) is 3.68. The lowest BCUT2D eigenvalue weighted by Gasteiger charge is -2.44. The van der Waals surface area contributed by atoms with Gasteiger partial charge in [0.2, 0.25) is 5.91 Å². The third-order valence-electron chi connectivity index (χ3n) is 5.13. The zero-order chi connectivity index (χ0) is 20.1.